The fourth-order valence-corrected chi connectivity index (χ4v) is 4.47. The summed E-state index contributed by atoms with van der Waals surface area (Å²) in [5.74, 6) is 0.111. The minimum Gasteiger partial charge on any atom is -0.354 e. The average Bonchev–Trinajstić information content (AvgIpc) is 3.30. The fourth-order valence-electron chi connectivity index (χ4n) is 4.47. The van der Waals surface area contributed by atoms with Gasteiger partial charge in [-0.15, -0.1) is 5.10 Å². The highest BCUT2D eigenvalue weighted by molar-refractivity contribution is 5.89. The summed E-state index contributed by atoms with van der Waals surface area (Å²) in [7, 11) is 0. The molecule has 1 atom stereocenters. The number of rotatable bonds is 11. The molecule has 0 fully saturated rings. The van der Waals surface area contributed by atoms with Crippen molar-refractivity contribution in [3.05, 3.63) is 95.6 Å². The highest BCUT2D eigenvalue weighted by atomic mass is 16.2. The van der Waals surface area contributed by atoms with E-state index in [9.17, 15) is 9.59 Å². The number of nitrogens with one attached hydrogen (secondary N) is 1. The van der Waals surface area contributed by atoms with Crippen molar-refractivity contribution in [2.45, 2.75) is 46.2 Å². The van der Waals surface area contributed by atoms with Gasteiger partial charge in [-0.1, -0.05) is 85.8 Å². The lowest BCUT2D eigenvalue weighted by molar-refractivity contribution is -0.141. The van der Waals surface area contributed by atoms with Crippen LogP contribution in [-0.4, -0.2) is 44.8 Å². The molecule has 1 unspecified atom stereocenters. The fraction of sp³-hybridized carbons (Fsp3) is 0.333. The lowest BCUT2D eigenvalue weighted by Gasteiger charge is -2.32. The van der Waals surface area contributed by atoms with E-state index in [0.29, 0.717) is 25.4 Å². The predicted molar refractivity (Wildman–Crippen MR) is 146 cm³/mol. The van der Waals surface area contributed by atoms with Crippen molar-refractivity contribution < 1.29 is 9.59 Å². The maximum atomic E-state index is 13.9. The second-order valence-corrected chi connectivity index (χ2v) is 9.79. The molecule has 4 aromatic rings. The summed E-state index contributed by atoms with van der Waals surface area (Å²) < 4.78 is 1.61. The standard InChI is InChI=1S/C30H35N5O2/c1-22(2)17-19-31-30(37)29(25-13-5-4-6-14-25)34(20-18-24-12-8-7-11-23(24)3)28(36)21-35-27-16-10-9-15-26(27)32-33-35/h4-16,22,29H,17-21H2,1-3H3,(H,31,37). The molecule has 0 spiro atoms. The zero-order valence-corrected chi connectivity index (χ0v) is 21.8. The van der Waals surface area contributed by atoms with Gasteiger partial charge < -0.3 is 10.2 Å². The molecule has 1 N–H and O–H groups in total. The summed E-state index contributed by atoms with van der Waals surface area (Å²) in [6, 6.07) is 24.5. The van der Waals surface area contributed by atoms with Crippen molar-refractivity contribution in [1.82, 2.24) is 25.2 Å². The molecule has 7 heteroatoms. The second-order valence-electron chi connectivity index (χ2n) is 9.79. The third kappa shape index (κ3) is 6.61. The quantitative estimate of drug-likeness (QED) is 0.325. The van der Waals surface area contributed by atoms with Crippen LogP contribution in [0.5, 0.6) is 0 Å². The summed E-state index contributed by atoms with van der Waals surface area (Å²) in [4.78, 5) is 29.2. The number of aromatic nitrogens is 3. The molecule has 0 aliphatic rings. The number of fused-ring (bicyclic) bond motifs is 1. The Bertz CT molecular complexity index is 1330. The van der Waals surface area contributed by atoms with Crippen LogP contribution in [0.4, 0.5) is 0 Å². The summed E-state index contributed by atoms with van der Waals surface area (Å²) >= 11 is 0. The first-order valence-electron chi connectivity index (χ1n) is 12.9. The highest BCUT2D eigenvalue weighted by Gasteiger charge is 2.31. The van der Waals surface area contributed by atoms with Gasteiger partial charge in [-0.2, -0.15) is 0 Å². The largest absolute Gasteiger partial charge is 0.354 e. The van der Waals surface area contributed by atoms with Gasteiger partial charge in [0, 0.05) is 13.1 Å². The molecule has 0 saturated heterocycles. The Hall–Kier alpha value is -4.00. The predicted octanol–water partition coefficient (Wildman–Crippen LogP) is 4.71. The maximum absolute atomic E-state index is 13.9. The molecule has 3 aromatic carbocycles. The van der Waals surface area contributed by atoms with Gasteiger partial charge in [0.25, 0.3) is 0 Å². The van der Waals surface area contributed by atoms with Crippen LogP contribution in [0.1, 0.15) is 43.0 Å². The Balaban J connectivity index is 1.66. The summed E-state index contributed by atoms with van der Waals surface area (Å²) in [5.41, 5.74) is 4.61. The van der Waals surface area contributed by atoms with Crippen LogP contribution in [0.25, 0.3) is 11.0 Å². The summed E-state index contributed by atoms with van der Waals surface area (Å²) in [6.07, 6.45) is 1.51. The van der Waals surface area contributed by atoms with Crippen LogP contribution < -0.4 is 5.32 Å². The van der Waals surface area contributed by atoms with E-state index < -0.39 is 6.04 Å². The molecule has 1 aromatic heterocycles. The molecule has 192 valence electrons. The lowest BCUT2D eigenvalue weighted by Crippen LogP contribution is -2.46. The number of carbonyl (C=O) groups is 2. The Kier molecular flexibility index (Phi) is 8.67. The third-order valence-electron chi connectivity index (χ3n) is 6.61. The number of carbonyl (C=O) groups excluding carboxylic acids is 2. The maximum Gasteiger partial charge on any atom is 0.247 e. The first kappa shape index (κ1) is 26.1. The topological polar surface area (TPSA) is 80.1 Å². The van der Waals surface area contributed by atoms with E-state index in [1.807, 2.05) is 66.7 Å². The minimum atomic E-state index is -0.750. The van der Waals surface area contributed by atoms with E-state index in [0.717, 1.165) is 34.1 Å². The monoisotopic (exact) mass is 497 g/mol. The van der Waals surface area contributed by atoms with E-state index in [2.05, 4.69) is 48.5 Å². The number of hydrogen-bond donors (Lipinski definition) is 1. The normalized spacial score (nSPS) is 12.0. The van der Waals surface area contributed by atoms with Crippen molar-refractivity contribution in [3.63, 3.8) is 0 Å². The molecule has 0 aliphatic heterocycles. The van der Waals surface area contributed by atoms with Crippen molar-refractivity contribution in [3.8, 4) is 0 Å². The molecule has 0 aliphatic carbocycles. The van der Waals surface area contributed by atoms with Gasteiger partial charge in [-0.3, -0.25) is 9.59 Å². The Morgan fingerprint density at radius 2 is 1.65 bits per heavy atom. The zero-order valence-electron chi connectivity index (χ0n) is 21.8. The molecule has 4 rings (SSSR count). The SMILES string of the molecule is Cc1ccccc1CCN(C(=O)Cn1nnc2ccccc21)C(C(=O)NCCC(C)C)c1ccccc1. The Morgan fingerprint density at radius 3 is 2.41 bits per heavy atom. The second kappa shape index (κ2) is 12.3. The van der Waals surface area contributed by atoms with Gasteiger partial charge in [0.2, 0.25) is 11.8 Å². The third-order valence-corrected chi connectivity index (χ3v) is 6.61. The summed E-state index contributed by atoms with van der Waals surface area (Å²) in [5, 5.41) is 11.5. The molecule has 1 heterocycles. The number of nitrogens with zero attached hydrogens (tertiary/aromatic N) is 4. The molecule has 2 amide bonds. The van der Waals surface area contributed by atoms with Gasteiger partial charge in [0.05, 0.1) is 5.52 Å². The van der Waals surface area contributed by atoms with Crippen molar-refractivity contribution in [2.75, 3.05) is 13.1 Å². The smallest absolute Gasteiger partial charge is 0.247 e. The number of amides is 2. The molecular formula is C30H35N5O2. The minimum absolute atomic E-state index is 0.00308. The van der Waals surface area contributed by atoms with Gasteiger partial charge >= 0.3 is 0 Å². The molecule has 0 bridgehead atoms. The van der Waals surface area contributed by atoms with Gasteiger partial charge in [0.15, 0.2) is 0 Å². The van der Waals surface area contributed by atoms with Crippen molar-refractivity contribution in [2.24, 2.45) is 5.92 Å². The van der Waals surface area contributed by atoms with Gasteiger partial charge in [-0.05, 0) is 54.5 Å². The average molecular weight is 498 g/mol. The van der Waals surface area contributed by atoms with E-state index in [4.69, 9.17) is 0 Å². The Labute approximate surface area is 218 Å². The van der Waals surface area contributed by atoms with Crippen molar-refractivity contribution in [1.29, 1.82) is 0 Å². The molecular weight excluding hydrogens is 462 g/mol. The van der Waals surface area contributed by atoms with Gasteiger partial charge in [0.1, 0.15) is 18.1 Å². The molecule has 7 nitrogen and oxygen atoms in total. The number of benzene rings is 3. The van der Waals surface area contributed by atoms with Crippen LogP contribution >= 0.6 is 0 Å². The Morgan fingerprint density at radius 1 is 0.946 bits per heavy atom. The van der Waals surface area contributed by atoms with E-state index in [1.165, 1.54) is 0 Å². The van der Waals surface area contributed by atoms with Crippen LogP contribution in [0, 0.1) is 12.8 Å². The van der Waals surface area contributed by atoms with Crippen LogP contribution in [0.2, 0.25) is 0 Å². The first-order valence-corrected chi connectivity index (χ1v) is 12.9. The zero-order chi connectivity index (χ0) is 26.2. The number of para-hydroxylation sites is 1. The number of aryl methyl sites for hydroxylation is 1. The van der Waals surface area contributed by atoms with Crippen LogP contribution in [0.15, 0.2) is 78.9 Å². The van der Waals surface area contributed by atoms with E-state index in [1.54, 1.807) is 9.58 Å². The highest BCUT2D eigenvalue weighted by Crippen LogP contribution is 2.24. The first-order chi connectivity index (χ1) is 17.9. The molecule has 0 saturated carbocycles. The summed E-state index contributed by atoms with van der Waals surface area (Å²) in [6.45, 7) is 7.27. The van der Waals surface area contributed by atoms with E-state index in [-0.39, 0.29) is 18.4 Å². The van der Waals surface area contributed by atoms with Crippen LogP contribution in [-0.2, 0) is 22.6 Å². The van der Waals surface area contributed by atoms with Crippen molar-refractivity contribution >= 4 is 22.8 Å². The van der Waals surface area contributed by atoms with Gasteiger partial charge in [-0.25, -0.2) is 4.68 Å². The number of hydrogen-bond acceptors (Lipinski definition) is 4. The van der Waals surface area contributed by atoms with E-state index >= 15 is 0 Å². The molecule has 37 heavy (non-hydrogen) atoms. The molecule has 0 radical (unpaired) electrons. The lowest BCUT2D eigenvalue weighted by atomic mass is 10.0. The van der Waals surface area contributed by atoms with Crippen LogP contribution in [0.3, 0.4) is 0 Å².